The van der Waals surface area contributed by atoms with Gasteiger partial charge in [-0.3, -0.25) is 15.5 Å². The van der Waals surface area contributed by atoms with Crippen LogP contribution in [0.4, 0.5) is 0 Å². The summed E-state index contributed by atoms with van der Waals surface area (Å²) in [5, 5.41) is 20.0. The van der Waals surface area contributed by atoms with Crippen LogP contribution in [0.2, 0.25) is 5.02 Å². The average molecular weight is 428 g/mol. The number of thiophene rings is 1. The molecule has 0 bridgehead atoms. The van der Waals surface area contributed by atoms with Gasteiger partial charge in [0.25, 0.3) is 5.90 Å². The molecule has 0 radical (unpaired) electrons. The van der Waals surface area contributed by atoms with Crippen molar-refractivity contribution in [2.45, 2.75) is 18.7 Å². The number of ether oxygens (including phenoxy) is 1. The zero-order valence-corrected chi connectivity index (χ0v) is 17.2. The fraction of sp³-hybridized carbons (Fsp3) is 0.400. The Morgan fingerprint density at radius 2 is 2.30 bits per heavy atom. The molecule has 0 saturated carbocycles. The number of nitrogens with one attached hydrogen (secondary N) is 3. The summed E-state index contributed by atoms with van der Waals surface area (Å²) < 4.78 is 21.3. The average Bonchev–Trinajstić information content (AvgIpc) is 3.31. The van der Waals surface area contributed by atoms with Crippen LogP contribution >= 0.6 is 22.9 Å². The molecule has 27 heavy (non-hydrogen) atoms. The molecule has 2 aliphatic heterocycles. The first kappa shape index (κ1) is 18.4. The van der Waals surface area contributed by atoms with Gasteiger partial charge in [0, 0.05) is 13.2 Å². The highest BCUT2D eigenvalue weighted by Crippen LogP contribution is 2.41. The van der Waals surface area contributed by atoms with Gasteiger partial charge in [0.2, 0.25) is 12.2 Å². The topological polar surface area (TPSA) is 114 Å². The summed E-state index contributed by atoms with van der Waals surface area (Å²) in [6.45, 7) is 1.90. The minimum atomic E-state index is -1.30. The van der Waals surface area contributed by atoms with Crippen LogP contribution < -0.4 is 10.7 Å². The van der Waals surface area contributed by atoms with Gasteiger partial charge >= 0.3 is 0 Å². The van der Waals surface area contributed by atoms with Crippen LogP contribution in [0.15, 0.2) is 23.4 Å². The van der Waals surface area contributed by atoms with E-state index in [0.29, 0.717) is 16.7 Å². The maximum atomic E-state index is 12.3. The summed E-state index contributed by atoms with van der Waals surface area (Å²) in [4.78, 5) is 1.65. The van der Waals surface area contributed by atoms with Crippen molar-refractivity contribution in [3.05, 3.63) is 38.8 Å². The van der Waals surface area contributed by atoms with Gasteiger partial charge in [0.15, 0.2) is 5.75 Å². The first-order chi connectivity index (χ1) is 12.8. The maximum Gasteiger partial charge on any atom is 0.258 e. The van der Waals surface area contributed by atoms with Gasteiger partial charge in [0.05, 0.1) is 33.2 Å². The molecule has 1 saturated heterocycles. The van der Waals surface area contributed by atoms with Crippen LogP contribution in [0.5, 0.6) is 0 Å². The predicted octanol–water partition coefficient (Wildman–Crippen LogP) is 1.46. The molecule has 0 aliphatic carbocycles. The van der Waals surface area contributed by atoms with E-state index in [-0.39, 0.29) is 5.96 Å². The van der Waals surface area contributed by atoms with Gasteiger partial charge in [-0.1, -0.05) is 11.6 Å². The molecule has 2 unspecified atom stereocenters. The standard InChI is InChI=1S/C15H18ClN7O2S2/c1-15(7-27(24)23(3)14(17)19-15)11-8(16)6-10(26-11)13-21-20-12(25-13)9-4-5-18-22(9)2/h4-6,13,21H,7H2,1-3H3,(H2,17,19)/t13?,15-,27?/m0/s1. The lowest BCUT2D eigenvalue weighted by atomic mass is 10.0. The molecule has 2 aromatic heterocycles. The molecule has 3 atom stereocenters. The van der Waals surface area contributed by atoms with Crippen molar-refractivity contribution in [1.82, 2.24) is 24.8 Å². The number of guanidine groups is 1. The number of hydrogen-bond donors (Lipinski definition) is 3. The van der Waals surface area contributed by atoms with Crippen LogP contribution in [0.1, 0.15) is 28.6 Å². The van der Waals surface area contributed by atoms with E-state index in [4.69, 9.17) is 21.7 Å². The van der Waals surface area contributed by atoms with E-state index in [1.54, 1.807) is 17.9 Å². The van der Waals surface area contributed by atoms with Crippen molar-refractivity contribution in [3.63, 3.8) is 0 Å². The highest BCUT2D eigenvalue weighted by molar-refractivity contribution is 7.89. The fourth-order valence-corrected chi connectivity index (χ4v) is 5.82. The number of hydrogen-bond acceptors (Lipinski definition) is 7. The molecule has 9 nitrogen and oxygen atoms in total. The SMILES string of the molecule is CN1C(=N)N[C@](C)(c2sc(C3NN=C(c4ccnn4C)O3)cc2Cl)C[S+]1[O-]. The zero-order chi connectivity index (χ0) is 19.3. The molecule has 0 amide bonds. The number of halogens is 1. The lowest BCUT2D eigenvalue weighted by molar-refractivity contribution is 0.195. The highest BCUT2D eigenvalue weighted by Gasteiger charge is 2.44. The van der Waals surface area contributed by atoms with Crippen molar-refractivity contribution < 1.29 is 9.29 Å². The molecule has 4 rings (SSSR count). The lowest BCUT2D eigenvalue weighted by Crippen LogP contribution is -2.60. The van der Waals surface area contributed by atoms with Gasteiger partial charge in [-0.2, -0.15) is 9.40 Å². The molecule has 2 aliphatic rings. The Kier molecular flexibility index (Phi) is 4.49. The van der Waals surface area contributed by atoms with E-state index in [9.17, 15) is 4.55 Å². The van der Waals surface area contributed by atoms with Crippen LogP contribution in [0.3, 0.4) is 0 Å². The van der Waals surface area contributed by atoms with Gasteiger partial charge in [-0.25, -0.2) is 0 Å². The molecular weight excluding hydrogens is 410 g/mol. The smallest absolute Gasteiger partial charge is 0.258 e. The van der Waals surface area contributed by atoms with Gasteiger partial charge in [0.1, 0.15) is 11.2 Å². The number of hydrazone groups is 1. The third-order valence-electron chi connectivity index (χ3n) is 4.45. The third-order valence-corrected chi connectivity index (χ3v) is 7.92. The first-order valence-electron chi connectivity index (χ1n) is 8.05. The first-order valence-corrected chi connectivity index (χ1v) is 10.5. The molecular formula is C15H18ClN7O2S2. The minimum Gasteiger partial charge on any atom is -0.593 e. The Balaban J connectivity index is 1.56. The Labute approximate surface area is 168 Å². The molecule has 3 N–H and O–H groups in total. The summed E-state index contributed by atoms with van der Waals surface area (Å²) >= 11 is 6.64. The van der Waals surface area contributed by atoms with Gasteiger partial charge < -0.3 is 14.6 Å². The largest absolute Gasteiger partial charge is 0.593 e. The molecule has 0 spiro atoms. The highest BCUT2D eigenvalue weighted by atomic mass is 35.5. The van der Waals surface area contributed by atoms with Crippen molar-refractivity contribution in [3.8, 4) is 0 Å². The van der Waals surface area contributed by atoms with Crippen LogP contribution in [0, 0.1) is 5.41 Å². The van der Waals surface area contributed by atoms with E-state index in [1.165, 1.54) is 15.6 Å². The van der Waals surface area contributed by atoms with E-state index in [0.717, 1.165) is 15.4 Å². The second-order valence-corrected chi connectivity index (χ2v) is 9.45. The van der Waals surface area contributed by atoms with Gasteiger partial charge in [-0.15, -0.1) is 16.4 Å². The van der Waals surface area contributed by atoms with Crippen LogP contribution in [-0.4, -0.2) is 43.3 Å². The predicted molar refractivity (Wildman–Crippen MR) is 105 cm³/mol. The second kappa shape index (κ2) is 6.59. The lowest BCUT2D eigenvalue weighted by Gasteiger charge is -2.39. The summed E-state index contributed by atoms with van der Waals surface area (Å²) in [6.07, 6.45) is 1.21. The van der Waals surface area contributed by atoms with Gasteiger partial charge in [-0.05, 0) is 19.1 Å². The second-order valence-electron chi connectivity index (χ2n) is 6.48. The molecule has 144 valence electrons. The fourth-order valence-electron chi connectivity index (χ4n) is 2.94. The molecule has 4 heterocycles. The molecule has 12 heteroatoms. The molecule has 0 aromatic carbocycles. The number of rotatable bonds is 3. The summed E-state index contributed by atoms with van der Waals surface area (Å²) in [5.74, 6) is 0.879. The Morgan fingerprint density at radius 1 is 1.52 bits per heavy atom. The van der Waals surface area contributed by atoms with E-state index >= 15 is 0 Å². The van der Waals surface area contributed by atoms with E-state index < -0.39 is 23.1 Å². The van der Waals surface area contributed by atoms with Crippen LogP contribution in [-0.2, 0) is 28.7 Å². The summed E-state index contributed by atoms with van der Waals surface area (Å²) in [6, 6.07) is 3.64. The van der Waals surface area contributed by atoms with Crippen molar-refractivity contribution in [2.75, 3.05) is 12.8 Å². The van der Waals surface area contributed by atoms with Crippen molar-refractivity contribution in [2.24, 2.45) is 12.1 Å². The number of aromatic nitrogens is 2. The third kappa shape index (κ3) is 3.14. The van der Waals surface area contributed by atoms with Crippen molar-refractivity contribution >= 4 is 46.2 Å². The summed E-state index contributed by atoms with van der Waals surface area (Å²) in [5.41, 5.74) is 3.03. The molecule has 1 fully saturated rings. The zero-order valence-electron chi connectivity index (χ0n) is 14.8. The Morgan fingerprint density at radius 3 is 2.96 bits per heavy atom. The monoisotopic (exact) mass is 427 g/mol. The minimum absolute atomic E-state index is 0.102. The number of nitrogens with zero attached hydrogens (tertiary/aromatic N) is 4. The van der Waals surface area contributed by atoms with Crippen molar-refractivity contribution in [1.29, 1.82) is 5.41 Å². The quantitative estimate of drug-likeness (QED) is 0.639. The van der Waals surface area contributed by atoms with E-state index in [1.807, 2.05) is 26.1 Å². The number of aryl methyl sites for hydroxylation is 1. The maximum absolute atomic E-state index is 12.3. The van der Waals surface area contributed by atoms with Crippen LogP contribution in [0.25, 0.3) is 0 Å². The molecule has 2 aromatic rings. The Bertz CT molecular complexity index is 929. The summed E-state index contributed by atoms with van der Waals surface area (Å²) in [7, 11) is 3.44. The van der Waals surface area contributed by atoms with E-state index in [2.05, 4.69) is 20.9 Å². The normalized spacial score (nSPS) is 27.8. The Hall–Kier alpha value is -1.95.